The van der Waals surface area contributed by atoms with E-state index in [1.165, 1.54) is 5.56 Å². The van der Waals surface area contributed by atoms with Gasteiger partial charge in [0.1, 0.15) is 0 Å². The number of amides is 1. The first-order valence-corrected chi connectivity index (χ1v) is 9.33. The monoisotopic (exact) mass is 345 g/mol. The Morgan fingerprint density at radius 1 is 1.00 bits per heavy atom. The fourth-order valence-electron chi connectivity index (χ4n) is 5.02. The van der Waals surface area contributed by atoms with Gasteiger partial charge >= 0.3 is 0 Å². The first-order chi connectivity index (χ1) is 12.7. The van der Waals surface area contributed by atoms with E-state index in [0.29, 0.717) is 17.9 Å². The molecule has 4 nitrogen and oxygen atoms in total. The molecule has 0 saturated carbocycles. The molecule has 0 bridgehead atoms. The van der Waals surface area contributed by atoms with Crippen LogP contribution in [0.1, 0.15) is 22.0 Å². The number of fused-ring (bicyclic) bond motifs is 2. The fourth-order valence-corrected chi connectivity index (χ4v) is 5.02. The molecule has 0 spiro atoms. The normalized spacial score (nSPS) is 25.7. The minimum Gasteiger partial charge on any atom is -0.361 e. The van der Waals surface area contributed by atoms with Crippen LogP contribution in [0.15, 0.2) is 60.8 Å². The van der Waals surface area contributed by atoms with Crippen LogP contribution >= 0.6 is 0 Å². The number of aromatic amines is 1. The second-order valence-corrected chi connectivity index (χ2v) is 7.67. The van der Waals surface area contributed by atoms with E-state index in [2.05, 4.69) is 52.2 Å². The molecule has 132 valence electrons. The summed E-state index contributed by atoms with van der Waals surface area (Å²) in [5, 5.41) is 1.02. The quantitative estimate of drug-likeness (QED) is 0.772. The second kappa shape index (κ2) is 5.99. The molecule has 4 heteroatoms. The third kappa shape index (κ3) is 2.36. The second-order valence-electron chi connectivity index (χ2n) is 7.67. The third-order valence-electron chi connectivity index (χ3n) is 6.15. The Balaban J connectivity index is 1.42. The molecular formula is C22H23N3O. The zero-order chi connectivity index (χ0) is 17.7. The number of H-pyrrole nitrogens is 1. The summed E-state index contributed by atoms with van der Waals surface area (Å²) in [6, 6.07) is 19.1. The summed E-state index contributed by atoms with van der Waals surface area (Å²) in [6.45, 7) is 2.76. The summed E-state index contributed by atoms with van der Waals surface area (Å²) >= 11 is 0. The first kappa shape index (κ1) is 15.6. The van der Waals surface area contributed by atoms with Gasteiger partial charge in [0.15, 0.2) is 0 Å². The molecule has 1 N–H and O–H groups in total. The van der Waals surface area contributed by atoms with Crippen molar-refractivity contribution in [2.24, 2.45) is 11.8 Å². The topological polar surface area (TPSA) is 39.3 Å². The Bertz CT molecular complexity index is 948. The number of carbonyl (C=O) groups is 1. The molecule has 0 aliphatic carbocycles. The summed E-state index contributed by atoms with van der Waals surface area (Å²) in [4.78, 5) is 20.9. The van der Waals surface area contributed by atoms with Crippen molar-refractivity contribution < 1.29 is 4.79 Å². The van der Waals surface area contributed by atoms with Gasteiger partial charge in [-0.15, -0.1) is 0 Å². The van der Waals surface area contributed by atoms with E-state index < -0.39 is 0 Å². The number of likely N-dealkylation sites (tertiary alicyclic amines) is 2. The van der Waals surface area contributed by atoms with E-state index >= 15 is 0 Å². The zero-order valence-corrected chi connectivity index (χ0v) is 14.9. The highest BCUT2D eigenvalue weighted by molar-refractivity contribution is 6.06. The summed E-state index contributed by atoms with van der Waals surface area (Å²) in [7, 11) is 2.21. The summed E-state index contributed by atoms with van der Waals surface area (Å²) in [5.74, 6) is 1.23. The van der Waals surface area contributed by atoms with Gasteiger partial charge in [0.2, 0.25) is 0 Å². The van der Waals surface area contributed by atoms with Crippen molar-refractivity contribution in [2.75, 3.05) is 26.7 Å². The average Bonchev–Trinajstić information content (AvgIpc) is 3.35. The van der Waals surface area contributed by atoms with E-state index in [-0.39, 0.29) is 5.91 Å². The molecule has 3 aromatic rings. The number of hydrogen-bond donors (Lipinski definition) is 1. The van der Waals surface area contributed by atoms with Crippen molar-refractivity contribution in [1.29, 1.82) is 0 Å². The summed E-state index contributed by atoms with van der Waals surface area (Å²) in [6.07, 6.45) is 1.90. The van der Waals surface area contributed by atoms with Crippen LogP contribution < -0.4 is 0 Å². The Labute approximate surface area is 153 Å². The number of aromatic nitrogens is 1. The molecule has 2 aromatic carbocycles. The molecular weight excluding hydrogens is 322 g/mol. The van der Waals surface area contributed by atoms with Gasteiger partial charge in [-0.2, -0.15) is 0 Å². The number of hydrogen-bond acceptors (Lipinski definition) is 2. The van der Waals surface area contributed by atoms with Crippen LogP contribution in [0.25, 0.3) is 10.9 Å². The predicted molar refractivity (Wildman–Crippen MR) is 103 cm³/mol. The highest BCUT2D eigenvalue weighted by atomic mass is 16.2. The highest BCUT2D eigenvalue weighted by Crippen LogP contribution is 2.44. The van der Waals surface area contributed by atoms with Crippen LogP contribution in [0.5, 0.6) is 0 Å². The maximum Gasteiger partial charge on any atom is 0.254 e. The first-order valence-electron chi connectivity index (χ1n) is 9.33. The highest BCUT2D eigenvalue weighted by Gasteiger charge is 2.47. The van der Waals surface area contributed by atoms with Gasteiger partial charge in [0, 0.05) is 54.3 Å². The number of nitrogens with zero attached hydrogens (tertiary/aromatic N) is 2. The lowest BCUT2D eigenvalue weighted by atomic mass is 9.90. The third-order valence-corrected chi connectivity index (χ3v) is 6.15. The van der Waals surface area contributed by atoms with E-state index in [4.69, 9.17) is 0 Å². The van der Waals surface area contributed by atoms with Gasteiger partial charge < -0.3 is 9.88 Å². The van der Waals surface area contributed by atoms with Crippen LogP contribution in [0.2, 0.25) is 0 Å². The Morgan fingerprint density at radius 2 is 1.85 bits per heavy atom. The molecule has 0 unspecified atom stereocenters. The van der Waals surface area contributed by atoms with Crippen LogP contribution in [0.4, 0.5) is 0 Å². The number of benzene rings is 2. The van der Waals surface area contributed by atoms with E-state index in [9.17, 15) is 4.79 Å². The Kier molecular flexibility index (Phi) is 3.61. The molecule has 26 heavy (non-hydrogen) atoms. The molecule has 2 aliphatic heterocycles. The summed E-state index contributed by atoms with van der Waals surface area (Å²) < 4.78 is 0. The molecule has 2 aliphatic rings. The van der Waals surface area contributed by atoms with Crippen LogP contribution in [0, 0.1) is 11.8 Å². The van der Waals surface area contributed by atoms with Crippen molar-refractivity contribution in [3.05, 3.63) is 71.9 Å². The van der Waals surface area contributed by atoms with Gasteiger partial charge in [-0.05, 0) is 36.7 Å². The molecule has 5 rings (SSSR count). The minimum absolute atomic E-state index is 0.166. The van der Waals surface area contributed by atoms with Crippen LogP contribution in [0.3, 0.4) is 0 Å². The van der Waals surface area contributed by atoms with Crippen molar-refractivity contribution in [2.45, 2.75) is 6.04 Å². The molecule has 3 atom stereocenters. The number of carbonyl (C=O) groups excluding carboxylic acids is 1. The van der Waals surface area contributed by atoms with Crippen LogP contribution in [-0.4, -0.2) is 47.4 Å². The molecule has 1 amide bonds. The van der Waals surface area contributed by atoms with E-state index in [1.54, 1.807) is 0 Å². The predicted octanol–water partition coefficient (Wildman–Crippen LogP) is 3.54. The van der Waals surface area contributed by atoms with Crippen molar-refractivity contribution in [1.82, 2.24) is 14.8 Å². The van der Waals surface area contributed by atoms with Crippen molar-refractivity contribution in [3.63, 3.8) is 0 Å². The number of rotatable bonds is 2. The standard InChI is InChI=1S/C22H23N3O/c1-24-12-16-13-25(14-19(16)21(24)15-6-3-2-4-7-15)22(26)18-8-5-9-20-17(18)10-11-23-20/h2-11,16,19,21,23H,12-14H2,1H3/t16-,19-,21+/m1/s1. The maximum atomic E-state index is 13.2. The van der Waals surface area contributed by atoms with Gasteiger partial charge in [-0.3, -0.25) is 9.69 Å². The van der Waals surface area contributed by atoms with Crippen LogP contribution in [-0.2, 0) is 0 Å². The lowest BCUT2D eigenvalue weighted by Crippen LogP contribution is -2.33. The smallest absolute Gasteiger partial charge is 0.254 e. The van der Waals surface area contributed by atoms with Crippen molar-refractivity contribution >= 4 is 16.8 Å². The van der Waals surface area contributed by atoms with Gasteiger partial charge in [0.25, 0.3) is 5.91 Å². The van der Waals surface area contributed by atoms with Crippen molar-refractivity contribution in [3.8, 4) is 0 Å². The molecule has 3 heterocycles. The Morgan fingerprint density at radius 3 is 2.69 bits per heavy atom. The Hall–Kier alpha value is -2.59. The van der Waals surface area contributed by atoms with E-state index in [1.807, 2.05) is 30.5 Å². The van der Waals surface area contributed by atoms with Gasteiger partial charge in [-0.1, -0.05) is 36.4 Å². The SMILES string of the molecule is CN1C[C@@H]2CN(C(=O)c3cccc4[nH]ccc34)C[C@H]2[C@@H]1c1ccccc1. The summed E-state index contributed by atoms with van der Waals surface area (Å²) in [5.41, 5.74) is 3.20. The van der Waals surface area contributed by atoms with Gasteiger partial charge in [-0.25, -0.2) is 0 Å². The largest absolute Gasteiger partial charge is 0.361 e. The molecule has 2 fully saturated rings. The molecule has 1 aromatic heterocycles. The van der Waals surface area contributed by atoms with E-state index in [0.717, 1.165) is 36.1 Å². The lowest BCUT2D eigenvalue weighted by Gasteiger charge is -2.27. The van der Waals surface area contributed by atoms with Gasteiger partial charge in [0.05, 0.1) is 0 Å². The maximum absolute atomic E-state index is 13.2. The lowest BCUT2D eigenvalue weighted by molar-refractivity contribution is 0.0770. The molecule has 0 radical (unpaired) electrons. The fraction of sp³-hybridized carbons (Fsp3) is 0.318. The number of nitrogens with one attached hydrogen (secondary N) is 1. The average molecular weight is 345 g/mol. The molecule has 2 saturated heterocycles. The minimum atomic E-state index is 0.166. The zero-order valence-electron chi connectivity index (χ0n) is 14.9.